The molecule has 1 unspecified atom stereocenters. The van der Waals surface area contributed by atoms with Gasteiger partial charge in [0, 0.05) is 31.1 Å². The largest absolute Gasteiger partial charge is 0.436 e. The lowest BCUT2D eigenvalue weighted by molar-refractivity contribution is -0.117. The van der Waals surface area contributed by atoms with E-state index in [0.29, 0.717) is 41.9 Å². The molecule has 1 saturated heterocycles. The molecule has 0 bridgehead atoms. The van der Waals surface area contributed by atoms with Gasteiger partial charge in [0.25, 0.3) is 0 Å². The third kappa shape index (κ3) is 4.97. The smallest absolute Gasteiger partial charge is 0.387 e. The fourth-order valence-electron chi connectivity index (χ4n) is 5.20. The van der Waals surface area contributed by atoms with Gasteiger partial charge in [0.05, 0.1) is 35.4 Å². The molecule has 0 aliphatic carbocycles. The number of amides is 1. The molecule has 0 radical (unpaired) electrons. The molecule has 1 amide bonds. The minimum atomic E-state index is -3.07. The van der Waals surface area contributed by atoms with Gasteiger partial charge in [0.2, 0.25) is 11.8 Å². The lowest BCUT2D eigenvalue weighted by atomic mass is 10.0. The van der Waals surface area contributed by atoms with Crippen LogP contribution in [0.2, 0.25) is 0 Å². The number of benzene rings is 2. The average molecular weight is 579 g/mol. The van der Waals surface area contributed by atoms with E-state index in [1.807, 2.05) is 0 Å². The second-order valence-electron chi connectivity index (χ2n) is 9.97. The molecule has 2 aromatic carbocycles. The maximum absolute atomic E-state index is 14.0. The van der Waals surface area contributed by atoms with Crippen LogP contribution in [-0.2, 0) is 11.2 Å². The van der Waals surface area contributed by atoms with Crippen LogP contribution >= 0.6 is 0 Å². The summed E-state index contributed by atoms with van der Waals surface area (Å²) >= 11 is 0. The van der Waals surface area contributed by atoms with Crippen molar-refractivity contribution in [3.05, 3.63) is 77.4 Å². The number of pyridine rings is 1. The molecule has 42 heavy (non-hydrogen) atoms. The minimum Gasteiger partial charge on any atom is -0.436 e. The maximum atomic E-state index is 14.0. The zero-order valence-electron chi connectivity index (χ0n) is 22.3. The predicted octanol–water partition coefficient (Wildman–Crippen LogP) is 5.04. The summed E-state index contributed by atoms with van der Waals surface area (Å²) in [5.41, 5.74) is 9.03. The second-order valence-corrected chi connectivity index (χ2v) is 9.97. The van der Waals surface area contributed by atoms with Gasteiger partial charge in [-0.3, -0.25) is 9.59 Å². The molecular weight excluding hydrogens is 553 g/mol. The molecule has 6 rings (SSSR count). The van der Waals surface area contributed by atoms with E-state index in [0.717, 1.165) is 0 Å². The van der Waals surface area contributed by atoms with Crippen LogP contribution in [0.1, 0.15) is 34.3 Å². The van der Waals surface area contributed by atoms with Crippen LogP contribution in [0.3, 0.4) is 0 Å². The first-order valence-corrected chi connectivity index (χ1v) is 13.2. The topological polar surface area (TPSA) is 125 Å². The van der Waals surface area contributed by atoms with Crippen LogP contribution in [0.5, 0.6) is 17.4 Å². The number of ether oxygens (including phenoxy) is 2. The third-order valence-electron chi connectivity index (χ3n) is 7.24. The summed E-state index contributed by atoms with van der Waals surface area (Å²) in [6, 6.07) is 9.81. The Kier molecular flexibility index (Phi) is 6.93. The van der Waals surface area contributed by atoms with E-state index < -0.39 is 18.5 Å². The number of alkyl halides is 2. The van der Waals surface area contributed by atoms with Gasteiger partial charge in [0.15, 0.2) is 17.3 Å². The first-order valence-electron chi connectivity index (χ1n) is 13.2. The molecule has 4 aromatic rings. The number of hydrogen-bond acceptors (Lipinski definition) is 8. The maximum Gasteiger partial charge on any atom is 0.387 e. The average Bonchev–Trinajstić information content (AvgIpc) is 3.67. The number of aryl methyl sites for hydroxylation is 1. The molecule has 3 N–H and O–H groups in total. The third-order valence-corrected chi connectivity index (χ3v) is 7.24. The van der Waals surface area contributed by atoms with Gasteiger partial charge in [-0.15, -0.1) is 0 Å². The van der Waals surface area contributed by atoms with Gasteiger partial charge in [0.1, 0.15) is 11.6 Å². The van der Waals surface area contributed by atoms with Crippen molar-refractivity contribution in [2.45, 2.75) is 38.8 Å². The first-order chi connectivity index (χ1) is 20.2. The second kappa shape index (κ2) is 10.7. The molecule has 2 aromatic heterocycles. The Morgan fingerprint density at radius 2 is 1.95 bits per heavy atom. The van der Waals surface area contributed by atoms with Crippen molar-refractivity contribution in [3.8, 4) is 23.1 Å². The molecule has 4 heterocycles. The molecule has 0 spiro atoms. The molecule has 0 saturated carbocycles. The monoisotopic (exact) mass is 578 g/mol. The molecule has 2 aliphatic heterocycles. The number of carbonyl (C=O) groups is 2. The molecule has 2 aliphatic rings. The number of nitrogens with two attached hydrogens (primary N) is 1. The first kappa shape index (κ1) is 27.1. The van der Waals surface area contributed by atoms with Gasteiger partial charge in [-0.05, 0) is 48.7 Å². The highest BCUT2D eigenvalue weighted by atomic mass is 19.3. The Labute approximate surface area is 237 Å². The molecule has 1 atom stereocenters. The summed E-state index contributed by atoms with van der Waals surface area (Å²) < 4.78 is 52.0. The number of hydrogen-bond donors (Lipinski definition) is 2. The van der Waals surface area contributed by atoms with Gasteiger partial charge >= 0.3 is 6.61 Å². The van der Waals surface area contributed by atoms with Gasteiger partial charge in [-0.1, -0.05) is 12.1 Å². The Balaban J connectivity index is 1.23. The van der Waals surface area contributed by atoms with E-state index in [1.54, 1.807) is 31.2 Å². The van der Waals surface area contributed by atoms with E-state index in [9.17, 15) is 22.8 Å². The number of nitrogens with one attached hydrogen (secondary N) is 1. The van der Waals surface area contributed by atoms with Crippen LogP contribution in [0.25, 0.3) is 5.69 Å². The summed E-state index contributed by atoms with van der Waals surface area (Å²) in [5, 5.41) is 7.42. The summed E-state index contributed by atoms with van der Waals surface area (Å²) in [7, 11) is 0. The normalized spacial score (nSPS) is 16.1. The SMILES string of the molecule is Cc1cc(Oc2ccccc2F)ncc1-n1ncc(C(=O)C2Cc3cc(OC(F)F)c(N4CCCC4=O)cc3N2)c1N. The van der Waals surface area contributed by atoms with Crippen molar-refractivity contribution in [2.75, 3.05) is 22.5 Å². The van der Waals surface area contributed by atoms with Gasteiger partial charge < -0.3 is 25.4 Å². The van der Waals surface area contributed by atoms with Gasteiger partial charge in [-0.2, -0.15) is 13.9 Å². The Bertz CT molecular complexity index is 1710. The highest BCUT2D eigenvalue weighted by Gasteiger charge is 2.34. The number of ketones is 1. The number of fused-ring (bicyclic) bond motifs is 1. The Morgan fingerprint density at radius 1 is 1.14 bits per heavy atom. The lowest BCUT2D eigenvalue weighted by Crippen LogP contribution is -2.27. The van der Waals surface area contributed by atoms with Crippen LogP contribution in [0.15, 0.2) is 54.9 Å². The van der Waals surface area contributed by atoms with E-state index in [4.69, 9.17) is 15.2 Å². The predicted molar refractivity (Wildman–Crippen MR) is 147 cm³/mol. The zero-order chi connectivity index (χ0) is 29.5. The van der Waals surface area contributed by atoms with Crippen LogP contribution in [0, 0.1) is 12.7 Å². The van der Waals surface area contributed by atoms with E-state index >= 15 is 0 Å². The molecule has 1 fully saturated rings. The van der Waals surface area contributed by atoms with E-state index in [1.165, 1.54) is 40.2 Å². The quantitative estimate of drug-likeness (QED) is 0.279. The zero-order valence-corrected chi connectivity index (χ0v) is 22.3. The summed E-state index contributed by atoms with van der Waals surface area (Å²) in [6.07, 6.45) is 3.93. The highest BCUT2D eigenvalue weighted by molar-refractivity contribution is 6.06. The number of anilines is 3. The van der Waals surface area contributed by atoms with Gasteiger partial charge in [-0.25, -0.2) is 14.1 Å². The van der Waals surface area contributed by atoms with Crippen molar-refractivity contribution in [1.82, 2.24) is 14.8 Å². The van der Waals surface area contributed by atoms with Crippen molar-refractivity contribution >= 4 is 28.9 Å². The molecule has 13 heteroatoms. The summed E-state index contributed by atoms with van der Waals surface area (Å²) in [4.78, 5) is 31.5. The van der Waals surface area contributed by atoms with Crippen LogP contribution < -0.4 is 25.4 Å². The minimum absolute atomic E-state index is 0.0285. The molecule has 216 valence electrons. The van der Waals surface area contributed by atoms with Crippen LogP contribution in [0.4, 0.5) is 30.4 Å². The fraction of sp³-hybridized carbons (Fsp3) is 0.241. The Morgan fingerprint density at radius 3 is 2.67 bits per heavy atom. The number of aromatic nitrogens is 3. The molecular formula is C29H25F3N6O4. The number of Topliss-reactive ketones (excluding diaryl/α,β-unsaturated/α-hetero) is 1. The number of para-hydroxylation sites is 1. The number of nitrogens with zero attached hydrogens (tertiary/aromatic N) is 4. The number of carbonyl (C=O) groups excluding carboxylic acids is 2. The number of halogens is 3. The lowest BCUT2D eigenvalue weighted by Gasteiger charge is -2.21. The van der Waals surface area contributed by atoms with Crippen molar-refractivity contribution < 1.29 is 32.2 Å². The van der Waals surface area contributed by atoms with E-state index in [-0.39, 0.29) is 52.6 Å². The summed E-state index contributed by atoms with van der Waals surface area (Å²) in [6.45, 7) is -0.917. The van der Waals surface area contributed by atoms with Crippen LogP contribution in [-0.4, -0.2) is 45.7 Å². The number of nitrogen functional groups attached to an aromatic ring is 1. The fourth-order valence-corrected chi connectivity index (χ4v) is 5.20. The molecule has 10 nitrogen and oxygen atoms in total. The Hall–Kier alpha value is -5.07. The summed E-state index contributed by atoms with van der Waals surface area (Å²) in [5.74, 6) is -0.905. The van der Waals surface area contributed by atoms with Crippen molar-refractivity contribution in [3.63, 3.8) is 0 Å². The number of rotatable bonds is 8. The highest BCUT2D eigenvalue weighted by Crippen LogP contribution is 2.41. The van der Waals surface area contributed by atoms with E-state index in [2.05, 4.69) is 15.4 Å². The van der Waals surface area contributed by atoms with Crippen molar-refractivity contribution in [1.29, 1.82) is 0 Å². The standard InChI is InChI=1S/C29H25F3N6O4/c1-15-9-25(41-23-6-3-2-5-18(23)30)34-14-22(15)38-28(33)17(13-35-38)27(40)20-10-16-11-24(42-29(31)32)21(12-19(16)36-20)37-8-4-7-26(37)39/h2-3,5-6,9,11-14,20,29,36H,4,7-8,10,33H2,1H3. The van der Waals surface area contributed by atoms with Crippen molar-refractivity contribution in [2.24, 2.45) is 0 Å².